The van der Waals surface area contributed by atoms with Gasteiger partial charge in [-0.05, 0) is 49.2 Å². The van der Waals surface area contributed by atoms with Crippen molar-refractivity contribution in [2.45, 2.75) is 20.4 Å². The molecule has 0 spiro atoms. The van der Waals surface area contributed by atoms with Crippen molar-refractivity contribution in [3.8, 4) is 0 Å². The van der Waals surface area contributed by atoms with Gasteiger partial charge in [0.1, 0.15) is 5.82 Å². The minimum atomic E-state index is -0.183. The van der Waals surface area contributed by atoms with E-state index in [0.717, 1.165) is 11.3 Å². The number of nitrogens with zero attached hydrogens (tertiary/aromatic N) is 2. The Labute approximate surface area is 169 Å². The number of H-pyrrole nitrogens is 1. The molecule has 2 aromatic carbocycles. The first-order valence-corrected chi connectivity index (χ1v) is 9.52. The van der Waals surface area contributed by atoms with Crippen molar-refractivity contribution in [3.63, 3.8) is 0 Å². The first kappa shape index (κ1) is 20.7. The number of nitrogens with one attached hydrogen (secondary N) is 2. The largest absolute Gasteiger partial charge is 0.383 e. The summed E-state index contributed by atoms with van der Waals surface area (Å²) in [6.45, 7) is 5.54. The lowest BCUT2D eigenvalue weighted by atomic mass is 10.1. The fraction of sp³-hybridized carbons (Fsp3) is 0.318. The zero-order valence-corrected chi connectivity index (χ0v) is 17.0. The van der Waals surface area contributed by atoms with Gasteiger partial charge in [0.25, 0.3) is 5.56 Å². The Bertz CT molecular complexity index is 1060. The van der Waals surface area contributed by atoms with Crippen LogP contribution in [0, 0.1) is 13.8 Å². The second kappa shape index (κ2) is 9.45. The second-order valence-corrected chi connectivity index (χ2v) is 7.08. The average molecular weight is 394 g/mol. The fourth-order valence-electron chi connectivity index (χ4n) is 3.08. The van der Waals surface area contributed by atoms with Crippen molar-refractivity contribution in [2.24, 2.45) is 0 Å². The molecule has 2 N–H and O–H groups in total. The predicted molar refractivity (Wildman–Crippen MR) is 114 cm³/mol. The number of rotatable bonds is 8. The molecule has 0 unspecified atom stereocenters. The summed E-state index contributed by atoms with van der Waals surface area (Å²) in [6, 6.07) is 13.0. The molecule has 0 atom stereocenters. The van der Waals surface area contributed by atoms with Crippen LogP contribution in [0.15, 0.2) is 47.3 Å². The Morgan fingerprint density at radius 2 is 1.97 bits per heavy atom. The van der Waals surface area contributed by atoms with E-state index in [0.29, 0.717) is 36.4 Å². The van der Waals surface area contributed by atoms with Crippen LogP contribution in [0.1, 0.15) is 17.0 Å². The van der Waals surface area contributed by atoms with Gasteiger partial charge in [-0.1, -0.05) is 18.2 Å². The number of methoxy groups -OCH3 is 1. The van der Waals surface area contributed by atoms with Crippen molar-refractivity contribution in [3.05, 3.63) is 69.8 Å². The molecular weight excluding hydrogens is 368 g/mol. The number of ether oxygens (including phenoxy) is 1. The minimum absolute atomic E-state index is 0.132. The van der Waals surface area contributed by atoms with E-state index in [1.54, 1.807) is 25.3 Å². The lowest BCUT2D eigenvalue weighted by Gasteiger charge is -2.21. The highest BCUT2D eigenvalue weighted by Crippen LogP contribution is 2.14. The van der Waals surface area contributed by atoms with Crippen LogP contribution in [-0.4, -0.2) is 47.6 Å². The van der Waals surface area contributed by atoms with E-state index in [4.69, 9.17) is 4.74 Å². The van der Waals surface area contributed by atoms with E-state index in [1.165, 1.54) is 5.56 Å². The summed E-state index contributed by atoms with van der Waals surface area (Å²) in [5.74, 6) is 0.385. The number of carbonyl (C=O) groups excluding carboxylic acids is 1. The number of hydrogen-bond donors (Lipinski definition) is 2. The number of aryl methyl sites for hydroxylation is 2. The Balaban J connectivity index is 1.73. The highest BCUT2D eigenvalue weighted by Gasteiger charge is 2.14. The SMILES string of the molecule is COCCN(CC(=O)Nc1ccc(C)c(C)c1)Cc1nc2ccccc2c(=O)[nH]1. The van der Waals surface area contributed by atoms with Crippen molar-refractivity contribution in [1.29, 1.82) is 0 Å². The quantitative estimate of drug-likeness (QED) is 0.613. The van der Waals surface area contributed by atoms with E-state index >= 15 is 0 Å². The zero-order chi connectivity index (χ0) is 20.8. The van der Waals surface area contributed by atoms with Crippen molar-refractivity contribution in [1.82, 2.24) is 14.9 Å². The molecule has 0 aliphatic carbocycles. The van der Waals surface area contributed by atoms with Gasteiger partial charge in [-0.2, -0.15) is 0 Å². The van der Waals surface area contributed by atoms with Crippen LogP contribution in [0.5, 0.6) is 0 Å². The van der Waals surface area contributed by atoms with E-state index in [9.17, 15) is 9.59 Å². The zero-order valence-electron chi connectivity index (χ0n) is 17.0. The number of anilines is 1. The third-order valence-electron chi connectivity index (χ3n) is 4.80. The summed E-state index contributed by atoms with van der Waals surface area (Å²) in [5.41, 5.74) is 3.52. The molecule has 3 rings (SSSR count). The fourth-order valence-corrected chi connectivity index (χ4v) is 3.08. The molecule has 0 saturated carbocycles. The second-order valence-electron chi connectivity index (χ2n) is 7.08. The number of carbonyl (C=O) groups is 1. The van der Waals surface area contributed by atoms with Gasteiger partial charge in [0.15, 0.2) is 0 Å². The average Bonchev–Trinajstić information content (AvgIpc) is 2.69. The Hall–Kier alpha value is -3.03. The highest BCUT2D eigenvalue weighted by atomic mass is 16.5. The molecule has 0 fully saturated rings. The third kappa shape index (κ3) is 5.49. The van der Waals surface area contributed by atoms with Gasteiger partial charge in [-0.25, -0.2) is 4.98 Å². The van der Waals surface area contributed by atoms with Crippen LogP contribution in [0.25, 0.3) is 10.9 Å². The predicted octanol–water partition coefficient (Wildman–Crippen LogP) is 2.63. The monoisotopic (exact) mass is 394 g/mol. The van der Waals surface area contributed by atoms with Gasteiger partial charge in [-0.3, -0.25) is 14.5 Å². The molecular formula is C22H26N4O3. The van der Waals surface area contributed by atoms with Crippen LogP contribution in [-0.2, 0) is 16.1 Å². The molecule has 0 bridgehead atoms. The van der Waals surface area contributed by atoms with Crippen LogP contribution < -0.4 is 10.9 Å². The Morgan fingerprint density at radius 1 is 1.17 bits per heavy atom. The maximum Gasteiger partial charge on any atom is 0.258 e. The number of benzene rings is 2. The molecule has 0 saturated heterocycles. The number of para-hydroxylation sites is 1. The lowest BCUT2D eigenvalue weighted by molar-refractivity contribution is -0.117. The van der Waals surface area contributed by atoms with Crippen LogP contribution >= 0.6 is 0 Å². The Kier molecular flexibility index (Phi) is 6.74. The molecule has 29 heavy (non-hydrogen) atoms. The lowest BCUT2D eigenvalue weighted by Crippen LogP contribution is -2.36. The molecule has 1 aromatic heterocycles. The standard InChI is InChI=1S/C22H26N4O3/c1-15-8-9-17(12-16(15)2)23-21(27)14-26(10-11-29-3)13-20-24-19-7-5-4-6-18(19)22(28)25-20/h4-9,12H,10-11,13-14H2,1-3H3,(H,23,27)(H,24,25,28). The van der Waals surface area contributed by atoms with E-state index in [1.807, 2.05) is 43.0 Å². The van der Waals surface area contributed by atoms with Gasteiger partial charge in [0.05, 0.1) is 30.6 Å². The molecule has 0 aliphatic rings. The number of fused-ring (bicyclic) bond motifs is 1. The van der Waals surface area contributed by atoms with Crippen molar-refractivity contribution >= 4 is 22.5 Å². The highest BCUT2D eigenvalue weighted by molar-refractivity contribution is 5.92. The van der Waals surface area contributed by atoms with Crippen molar-refractivity contribution < 1.29 is 9.53 Å². The number of aromatic amines is 1. The van der Waals surface area contributed by atoms with E-state index in [-0.39, 0.29) is 18.0 Å². The summed E-state index contributed by atoms with van der Waals surface area (Å²) in [4.78, 5) is 34.1. The molecule has 1 heterocycles. The third-order valence-corrected chi connectivity index (χ3v) is 4.80. The normalized spacial score (nSPS) is 11.2. The summed E-state index contributed by atoms with van der Waals surface area (Å²) in [5, 5.41) is 3.48. The summed E-state index contributed by atoms with van der Waals surface area (Å²) in [7, 11) is 1.61. The maximum atomic E-state index is 12.6. The summed E-state index contributed by atoms with van der Waals surface area (Å²) >= 11 is 0. The van der Waals surface area contributed by atoms with Crippen molar-refractivity contribution in [2.75, 3.05) is 32.1 Å². The summed E-state index contributed by atoms with van der Waals surface area (Å²) in [6.07, 6.45) is 0. The number of hydrogen-bond acceptors (Lipinski definition) is 5. The minimum Gasteiger partial charge on any atom is -0.383 e. The van der Waals surface area contributed by atoms with Gasteiger partial charge >= 0.3 is 0 Å². The molecule has 152 valence electrons. The van der Waals surface area contributed by atoms with Crippen LogP contribution in [0.4, 0.5) is 5.69 Å². The van der Waals surface area contributed by atoms with Gasteiger partial charge in [0.2, 0.25) is 5.91 Å². The molecule has 7 heteroatoms. The molecule has 1 amide bonds. The summed E-state index contributed by atoms with van der Waals surface area (Å²) < 4.78 is 5.17. The van der Waals surface area contributed by atoms with Gasteiger partial charge in [-0.15, -0.1) is 0 Å². The van der Waals surface area contributed by atoms with Crippen LogP contribution in [0.2, 0.25) is 0 Å². The molecule has 3 aromatic rings. The number of aromatic nitrogens is 2. The topological polar surface area (TPSA) is 87.3 Å². The van der Waals surface area contributed by atoms with E-state index in [2.05, 4.69) is 15.3 Å². The molecule has 0 aliphatic heterocycles. The first-order chi connectivity index (χ1) is 14.0. The number of amides is 1. The molecule has 7 nitrogen and oxygen atoms in total. The first-order valence-electron chi connectivity index (χ1n) is 9.52. The molecule has 0 radical (unpaired) electrons. The smallest absolute Gasteiger partial charge is 0.258 e. The van der Waals surface area contributed by atoms with Gasteiger partial charge < -0.3 is 15.0 Å². The Morgan fingerprint density at radius 3 is 2.72 bits per heavy atom. The van der Waals surface area contributed by atoms with Gasteiger partial charge in [0, 0.05) is 19.3 Å². The van der Waals surface area contributed by atoms with E-state index < -0.39 is 0 Å². The van der Waals surface area contributed by atoms with Crippen LogP contribution in [0.3, 0.4) is 0 Å². The maximum absolute atomic E-state index is 12.6.